The summed E-state index contributed by atoms with van der Waals surface area (Å²) in [6.45, 7) is 11.7. The average molecular weight is 287 g/mol. The topological polar surface area (TPSA) is 12.5 Å². The molecule has 1 aromatic rings. The Morgan fingerprint density at radius 3 is 2.07 bits per heavy atom. The van der Waals surface area contributed by atoms with E-state index < -0.39 is 0 Å². The van der Waals surface area contributed by atoms with E-state index in [2.05, 4.69) is 49.8 Å². The molecular formula is C12H19BrOSi. The zero-order chi connectivity index (χ0) is 11.6. The number of hydrogen-bond donors (Lipinski definition) is 0. The summed E-state index contributed by atoms with van der Waals surface area (Å²) in [5.74, 6) is 1.99. The second-order valence-corrected chi connectivity index (χ2v) is 10.1. The molecule has 84 valence electrons. The van der Waals surface area contributed by atoms with Gasteiger partial charge < -0.3 is 4.74 Å². The molecule has 0 fully saturated rings. The highest BCUT2D eigenvalue weighted by atomic mass is 79.9. The van der Waals surface area contributed by atoms with E-state index in [1.54, 1.807) is 0 Å². The number of benzene rings is 1. The first-order valence-corrected chi connectivity index (χ1v) is 8.96. The molecule has 1 heterocycles. The quantitative estimate of drug-likeness (QED) is 0.499. The second-order valence-electron chi connectivity index (χ2n) is 5.19. The Hall–Kier alpha value is -0.283. The fourth-order valence-corrected chi connectivity index (χ4v) is 1.09. The lowest BCUT2D eigenvalue weighted by molar-refractivity contribution is 0.647. The summed E-state index contributed by atoms with van der Waals surface area (Å²) in [5.41, 5.74) is 0. The van der Waals surface area contributed by atoms with Crippen molar-refractivity contribution < 1.29 is 4.74 Å². The summed E-state index contributed by atoms with van der Waals surface area (Å²) in [7, 11) is -0.359. The SMILES string of the molecule is Brc1cccc2c1O2.C[SiH](C)C(C)(C)C. The maximum absolute atomic E-state index is 5.02. The highest BCUT2D eigenvalue weighted by Crippen LogP contribution is 2.49. The lowest BCUT2D eigenvalue weighted by Gasteiger charge is -2.21. The van der Waals surface area contributed by atoms with Crippen molar-refractivity contribution in [2.45, 2.75) is 38.9 Å². The molecule has 0 unspecified atom stereocenters. The first kappa shape index (κ1) is 12.8. The Balaban J connectivity index is 0.000000153. The van der Waals surface area contributed by atoms with Gasteiger partial charge in [-0.3, -0.25) is 0 Å². The molecule has 15 heavy (non-hydrogen) atoms. The van der Waals surface area contributed by atoms with Crippen LogP contribution in [0, 0.1) is 0 Å². The van der Waals surface area contributed by atoms with Crippen molar-refractivity contribution in [2.75, 3.05) is 0 Å². The van der Waals surface area contributed by atoms with Crippen LogP contribution in [-0.4, -0.2) is 8.80 Å². The largest absolute Gasteiger partial charge is 0.448 e. The van der Waals surface area contributed by atoms with Gasteiger partial charge in [0.25, 0.3) is 0 Å². The molecule has 0 atom stereocenters. The Morgan fingerprint density at radius 1 is 1.20 bits per heavy atom. The molecule has 2 rings (SSSR count). The van der Waals surface area contributed by atoms with E-state index in [0.29, 0.717) is 5.04 Å². The van der Waals surface area contributed by atoms with Crippen LogP contribution in [0.25, 0.3) is 0 Å². The third-order valence-electron chi connectivity index (χ3n) is 2.83. The van der Waals surface area contributed by atoms with E-state index in [0.717, 1.165) is 16.0 Å². The number of hydrogen-bond acceptors (Lipinski definition) is 1. The van der Waals surface area contributed by atoms with Crippen LogP contribution < -0.4 is 4.74 Å². The highest BCUT2D eigenvalue weighted by Gasteiger charge is 2.21. The summed E-state index contributed by atoms with van der Waals surface area (Å²) in [6, 6.07) is 5.86. The van der Waals surface area contributed by atoms with Crippen molar-refractivity contribution in [3.05, 3.63) is 22.7 Å². The van der Waals surface area contributed by atoms with E-state index in [1.807, 2.05) is 18.2 Å². The zero-order valence-electron chi connectivity index (χ0n) is 10.1. The molecule has 0 bridgehead atoms. The van der Waals surface area contributed by atoms with Gasteiger partial charge in [0.05, 0.1) is 4.47 Å². The first-order chi connectivity index (χ1) is 6.82. The van der Waals surface area contributed by atoms with Crippen LogP contribution in [0.5, 0.6) is 11.5 Å². The monoisotopic (exact) mass is 286 g/mol. The molecule has 3 heteroatoms. The van der Waals surface area contributed by atoms with Crippen LogP contribution in [0.1, 0.15) is 20.8 Å². The van der Waals surface area contributed by atoms with Gasteiger partial charge in [0.2, 0.25) is 0 Å². The van der Waals surface area contributed by atoms with Gasteiger partial charge in [-0.05, 0) is 33.1 Å². The van der Waals surface area contributed by atoms with Gasteiger partial charge in [0.1, 0.15) is 0 Å². The van der Waals surface area contributed by atoms with Crippen LogP contribution in [0.2, 0.25) is 18.1 Å². The maximum Gasteiger partial charge on any atom is 0.184 e. The summed E-state index contributed by atoms with van der Waals surface area (Å²) < 4.78 is 6.07. The highest BCUT2D eigenvalue weighted by molar-refractivity contribution is 9.10. The van der Waals surface area contributed by atoms with Crippen molar-refractivity contribution in [2.24, 2.45) is 0 Å². The van der Waals surface area contributed by atoms with E-state index in [-0.39, 0.29) is 8.80 Å². The van der Waals surface area contributed by atoms with Gasteiger partial charge >= 0.3 is 0 Å². The molecule has 0 aliphatic carbocycles. The van der Waals surface area contributed by atoms with Crippen molar-refractivity contribution in [3.63, 3.8) is 0 Å². The molecule has 1 aromatic carbocycles. The third kappa shape index (κ3) is 3.99. The van der Waals surface area contributed by atoms with Gasteiger partial charge in [-0.25, -0.2) is 0 Å². The Bertz CT molecular complexity index is 342. The van der Waals surface area contributed by atoms with Crippen LogP contribution in [0.3, 0.4) is 0 Å². The van der Waals surface area contributed by atoms with Gasteiger partial charge in [-0.1, -0.05) is 39.9 Å². The Labute approximate surface area is 103 Å². The van der Waals surface area contributed by atoms with Crippen molar-refractivity contribution in [1.29, 1.82) is 0 Å². The molecule has 0 amide bonds. The van der Waals surface area contributed by atoms with Crippen LogP contribution in [0.4, 0.5) is 0 Å². The van der Waals surface area contributed by atoms with E-state index in [1.165, 1.54) is 0 Å². The lowest BCUT2D eigenvalue weighted by atomic mass is 10.2. The molecule has 0 spiro atoms. The maximum atomic E-state index is 5.02. The molecule has 0 N–H and O–H groups in total. The third-order valence-corrected chi connectivity index (χ3v) is 6.92. The predicted molar refractivity (Wildman–Crippen MR) is 72.8 cm³/mol. The van der Waals surface area contributed by atoms with Gasteiger partial charge in [0.15, 0.2) is 11.5 Å². The molecular weight excluding hydrogens is 268 g/mol. The van der Waals surface area contributed by atoms with E-state index in [9.17, 15) is 0 Å². The van der Waals surface area contributed by atoms with Gasteiger partial charge in [-0.15, -0.1) is 0 Å². The van der Waals surface area contributed by atoms with Gasteiger partial charge in [-0.2, -0.15) is 0 Å². The van der Waals surface area contributed by atoms with Crippen LogP contribution in [0.15, 0.2) is 22.7 Å². The minimum atomic E-state index is -0.359. The fraction of sp³-hybridized carbons (Fsp3) is 0.500. The van der Waals surface area contributed by atoms with Crippen LogP contribution >= 0.6 is 15.9 Å². The van der Waals surface area contributed by atoms with Crippen LogP contribution in [-0.2, 0) is 0 Å². The first-order valence-electron chi connectivity index (χ1n) is 5.28. The number of halogens is 1. The minimum absolute atomic E-state index is 0.359. The second kappa shape index (κ2) is 4.70. The molecule has 1 aliphatic rings. The fourth-order valence-electron chi connectivity index (χ4n) is 0.656. The van der Waals surface area contributed by atoms with Gasteiger partial charge in [0, 0.05) is 8.80 Å². The molecule has 1 aliphatic heterocycles. The Kier molecular flexibility index (Phi) is 4.01. The molecule has 1 nitrogen and oxygen atoms in total. The van der Waals surface area contributed by atoms with E-state index in [4.69, 9.17) is 4.74 Å². The lowest BCUT2D eigenvalue weighted by Crippen LogP contribution is -2.16. The predicted octanol–water partition coefficient (Wildman–Crippen LogP) is 4.83. The van der Waals surface area contributed by atoms with Crippen molar-refractivity contribution in [3.8, 4) is 11.5 Å². The normalized spacial score (nSPS) is 12.5. The van der Waals surface area contributed by atoms with Crippen molar-refractivity contribution in [1.82, 2.24) is 0 Å². The minimum Gasteiger partial charge on any atom is -0.448 e. The molecule has 0 radical (unpaired) electrons. The number of ether oxygens (including phenoxy) is 1. The number of para-hydroxylation sites is 1. The molecule has 0 aromatic heterocycles. The average Bonchev–Trinajstić information content (AvgIpc) is 2.83. The van der Waals surface area contributed by atoms with E-state index >= 15 is 0 Å². The number of rotatable bonds is 0. The van der Waals surface area contributed by atoms with Crippen molar-refractivity contribution >= 4 is 24.7 Å². The zero-order valence-corrected chi connectivity index (χ0v) is 12.8. The summed E-state index contributed by atoms with van der Waals surface area (Å²) >= 11 is 3.32. The molecule has 0 saturated carbocycles. The molecule has 0 saturated heterocycles. The standard InChI is InChI=1S/C6H3BrO.C6H16Si/c7-4-2-1-3-5-6(4)8-5;1-6(2,3)7(4)5/h1-3H;7H,1-5H3. The summed E-state index contributed by atoms with van der Waals surface area (Å²) in [5, 5.41) is 0.639. The summed E-state index contributed by atoms with van der Waals surface area (Å²) in [6.07, 6.45) is 0. The smallest absolute Gasteiger partial charge is 0.184 e. The number of fused-ring (bicyclic) bond motifs is 1. The Morgan fingerprint density at radius 2 is 1.73 bits per heavy atom. The summed E-state index contributed by atoms with van der Waals surface area (Å²) in [4.78, 5) is 0.